The second kappa shape index (κ2) is 6.72. The minimum Gasteiger partial charge on any atom is -0.310 e. The average Bonchev–Trinajstić information content (AvgIpc) is 2.42. The Morgan fingerprint density at radius 1 is 0.947 bits per heavy atom. The molecule has 0 saturated heterocycles. The predicted octanol–water partition coefficient (Wildman–Crippen LogP) is 4.93. The molecule has 0 fully saturated rings. The van der Waals surface area contributed by atoms with Gasteiger partial charge in [0, 0.05) is 6.04 Å². The van der Waals surface area contributed by atoms with E-state index < -0.39 is 0 Å². The molecule has 0 aromatic heterocycles. The summed E-state index contributed by atoms with van der Waals surface area (Å²) in [5.74, 6) is 0.765. The molecule has 102 valence electrons. The second-order valence-electron chi connectivity index (χ2n) is 5.69. The number of fused-ring (bicyclic) bond motifs is 1. The Hall–Kier alpha value is -1.34. The lowest BCUT2D eigenvalue weighted by molar-refractivity contribution is 0.449. The molecule has 1 N–H and O–H groups in total. The summed E-state index contributed by atoms with van der Waals surface area (Å²) >= 11 is 0. The zero-order valence-electron chi connectivity index (χ0n) is 12.3. The van der Waals surface area contributed by atoms with Gasteiger partial charge in [-0.15, -0.1) is 0 Å². The van der Waals surface area contributed by atoms with Gasteiger partial charge in [-0.25, -0.2) is 0 Å². The first-order valence-electron chi connectivity index (χ1n) is 7.42. The van der Waals surface area contributed by atoms with Gasteiger partial charge in [-0.2, -0.15) is 0 Å². The lowest BCUT2D eigenvalue weighted by Gasteiger charge is -2.20. The first kappa shape index (κ1) is 14.1. The van der Waals surface area contributed by atoms with Crippen LogP contribution in [0.3, 0.4) is 0 Å². The van der Waals surface area contributed by atoms with Crippen LogP contribution in [0.25, 0.3) is 10.8 Å². The van der Waals surface area contributed by atoms with Gasteiger partial charge in [0.25, 0.3) is 0 Å². The highest BCUT2D eigenvalue weighted by Gasteiger charge is 2.11. The standard InChI is InChI=1S/C18H25N/c1-4-19-18(12-9-14(2)3)17-11-10-15-7-5-6-8-16(15)13-17/h5-8,10-11,13-14,18-19H,4,9,12H2,1-3H3. The molecule has 0 saturated carbocycles. The van der Waals surface area contributed by atoms with E-state index in [1.807, 2.05) is 0 Å². The molecule has 2 aromatic rings. The van der Waals surface area contributed by atoms with Crippen molar-refractivity contribution in [2.75, 3.05) is 6.54 Å². The molecule has 0 aliphatic heterocycles. The molecule has 1 unspecified atom stereocenters. The van der Waals surface area contributed by atoms with Crippen LogP contribution in [0.1, 0.15) is 45.2 Å². The zero-order chi connectivity index (χ0) is 13.7. The van der Waals surface area contributed by atoms with Crippen molar-refractivity contribution in [1.82, 2.24) is 5.32 Å². The molecular weight excluding hydrogens is 230 g/mol. The van der Waals surface area contributed by atoms with E-state index >= 15 is 0 Å². The molecule has 0 heterocycles. The van der Waals surface area contributed by atoms with Crippen molar-refractivity contribution in [3.05, 3.63) is 48.0 Å². The van der Waals surface area contributed by atoms with E-state index in [4.69, 9.17) is 0 Å². The highest BCUT2D eigenvalue weighted by atomic mass is 14.9. The highest BCUT2D eigenvalue weighted by Crippen LogP contribution is 2.24. The van der Waals surface area contributed by atoms with Gasteiger partial charge >= 0.3 is 0 Å². The van der Waals surface area contributed by atoms with Gasteiger partial charge in [0.15, 0.2) is 0 Å². The minimum absolute atomic E-state index is 0.483. The van der Waals surface area contributed by atoms with E-state index in [9.17, 15) is 0 Å². The molecule has 2 rings (SSSR count). The Morgan fingerprint density at radius 2 is 1.68 bits per heavy atom. The fourth-order valence-corrected chi connectivity index (χ4v) is 2.56. The average molecular weight is 255 g/mol. The molecule has 0 radical (unpaired) electrons. The van der Waals surface area contributed by atoms with Crippen LogP contribution in [0, 0.1) is 5.92 Å². The summed E-state index contributed by atoms with van der Waals surface area (Å²) in [4.78, 5) is 0. The summed E-state index contributed by atoms with van der Waals surface area (Å²) in [6.07, 6.45) is 2.48. The lowest BCUT2D eigenvalue weighted by Crippen LogP contribution is -2.21. The molecule has 0 aliphatic rings. The Balaban J connectivity index is 2.22. The molecule has 19 heavy (non-hydrogen) atoms. The fourth-order valence-electron chi connectivity index (χ4n) is 2.56. The molecular formula is C18H25N. The van der Waals surface area contributed by atoms with E-state index in [1.165, 1.54) is 29.2 Å². The van der Waals surface area contributed by atoms with Gasteiger partial charge in [0.1, 0.15) is 0 Å². The number of benzene rings is 2. The third-order valence-electron chi connectivity index (χ3n) is 3.66. The quantitative estimate of drug-likeness (QED) is 0.772. The van der Waals surface area contributed by atoms with Crippen molar-refractivity contribution in [3.63, 3.8) is 0 Å². The van der Waals surface area contributed by atoms with E-state index in [0.717, 1.165) is 12.5 Å². The fraction of sp³-hybridized carbons (Fsp3) is 0.444. The Morgan fingerprint density at radius 3 is 2.37 bits per heavy atom. The molecule has 1 nitrogen and oxygen atoms in total. The summed E-state index contributed by atoms with van der Waals surface area (Å²) in [5, 5.41) is 6.28. The predicted molar refractivity (Wildman–Crippen MR) is 84.4 cm³/mol. The van der Waals surface area contributed by atoms with Crippen LogP contribution in [0.15, 0.2) is 42.5 Å². The van der Waals surface area contributed by atoms with Gasteiger partial charge in [-0.1, -0.05) is 57.2 Å². The first-order chi connectivity index (χ1) is 9.20. The van der Waals surface area contributed by atoms with E-state index in [0.29, 0.717) is 6.04 Å². The normalized spacial score (nSPS) is 13.1. The van der Waals surface area contributed by atoms with E-state index in [2.05, 4.69) is 68.6 Å². The second-order valence-corrected chi connectivity index (χ2v) is 5.69. The molecule has 0 spiro atoms. The summed E-state index contributed by atoms with van der Waals surface area (Å²) in [6.45, 7) is 7.80. The molecule has 1 atom stereocenters. The molecule has 0 aliphatic carbocycles. The maximum atomic E-state index is 3.62. The van der Waals surface area contributed by atoms with Crippen LogP contribution >= 0.6 is 0 Å². The first-order valence-corrected chi connectivity index (χ1v) is 7.42. The smallest absolute Gasteiger partial charge is 0.0320 e. The van der Waals surface area contributed by atoms with Crippen LogP contribution in [-0.2, 0) is 0 Å². The van der Waals surface area contributed by atoms with Crippen LogP contribution in [-0.4, -0.2) is 6.54 Å². The van der Waals surface area contributed by atoms with Gasteiger partial charge in [-0.3, -0.25) is 0 Å². The summed E-state index contributed by atoms with van der Waals surface area (Å²) < 4.78 is 0. The lowest BCUT2D eigenvalue weighted by atomic mass is 9.95. The van der Waals surface area contributed by atoms with Crippen molar-refractivity contribution >= 4 is 10.8 Å². The van der Waals surface area contributed by atoms with Gasteiger partial charge in [-0.05, 0) is 47.7 Å². The number of hydrogen-bond acceptors (Lipinski definition) is 1. The van der Waals surface area contributed by atoms with Crippen molar-refractivity contribution in [1.29, 1.82) is 0 Å². The number of nitrogens with one attached hydrogen (secondary N) is 1. The number of hydrogen-bond donors (Lipinski definition) is 1. The van der Waals surface area contributed by atoms with Crippen LogP contribution in [0.4, 0.5) is 0 Å². The van der Waals surface area contributed by atoms with E-state index in [1.54, 1.807) is 0 Å². The van der Waals surface area contributed by atoms with Crippen LogP contribution in [0.2, 0.25) is 0 Å². The Bertz CT molecular complexity index is 516. The third-order valence-corrected chi connectivity index (χ3v) is 3.66. The molecule has 2 aromatic carbocycles. The number of rotatable bonds is 6. The highest BCUT2D eigenvalue weighted by molar-refractivity contribution is 5.83. The minimum atomic E-state index is 0.483. The Labute approximate surface area is 117 Å². The molecule has 1 heteroatoms. The van der Waals surface area contributed by atoms with Crippen molar-refractivity contribution in [2.45, 2.75) is 39.7 Å². The zero-order valence-corrected chi connectivity index (χ0v) is 12.3. The summed E-state index contributed by atoms with van der Waals surface area (Å²) in [6, 6.07) is 15.9. The molecule has 0 bridgehead atoms. The maximum absolute atomic E-state index is 3.62. The topological polar surface area (TPSA) is 12.0 Å². The van der Waals surface area contributed by atoms with Gasteiger partial charge in [0.05, 0.1) is 0 Å². The van der Waals surface area contributed by atoms with Gasteiger partial charge in [0.2, 0.25) is 0 Å². The van der Waals surface area contributed by atoms with Crippen LogP contribution in [0.5, 0.6) is 0 Å². The summed E-state index contributed by atoms with van der Waals surface area (Å²) in [5.41, 5.74) is 1.42. The molecule has 0 amide bonds. The Kier molecular flexibility index (Phi) is 4.98. The summed E-state index contributed by atoms with van der Waals surface area (Å²) in [7, 11) is 0. The van der Waals surface area contributed by atoms with Crippen molar-refractivity contribution in [2.24, 2.45) is 5.92 Å². The third kappa shape index (κ3) is 3.81. The maximum Gasteiger partial charge on any atom is 0.0320 e. The SMILES string of the molecule is CCNC(CCC(C)C)c1ccc2ccccc2c1. The van der Waals surface area contributed by atoms with Gasteiger partial charge < -0.3 is 5.32 Å². The van der Waals surface area contributed by atoms with Crippen LogP contribution < -0.4 is 5.32 Å². The van der Waals surface area contributed by atoms with E-state index in [-0.39, 0.29) is 0 Å². The van der Waals surface area contributed by atoms with Crippen molar-refractivity contribution in [3.8, 4) is 0 Å². The monoisotopic (exact) mass is 255 g/mol. The van der Waals surface area contributed by atoms with Crippen molar-refractivity contribution < 1.29 is 0 Å². The largest absolute Gasteiger partial charge is 0.310 e.